The second-order valence-electron chi connectivity index (χ2n) is 7.85. The molecule has 134 valence electrons. The summed E-state index contributed by atoms with van der Waals surface area (Å²) in [6.45, 7) is 10.5. The number of piperidine rings is 1. The van der Waals surface area contributed by atoms with E-state index in [9.17, 15) is 4.79 Å². The lowest BCUT2D eigenvalue weighted by molar-refractivity contribution is 0.0658. The van der Waals surface area contributed by atoms with E-state index in [0.717, 1.165) is 38.2 Å². The first-order valence-corrected chi connectivity index (χ1v) is 8.81. The van der Waals surface area contributed by atoms with E-state index in [1.165, 1.54) is 0 Å². The second-order valence-corrected chi connectivity index (χ2v) is 7.85. The highest BCUT2D eigenvalue weighted by Crippen LogP contribution is 2.22. The Morgan fingerprint density at radius 2 is 2.00 bits per heavy atom. The quantitative estimate of drug-likeness (QED) is 0.855. The summed E-state index contributed by atoms with van der Waals surface area (Å²) in [7, 11) is 0. The third kappa shape index (κ3) is 4.21. The highest BCUT2D eigenvalue weighted by Gasteiger charge is 2.26. The first-order valence-electron chi connectivity index (χ1n) is 8.81. The van der Waals surface area contributed by atoms with Gasteiger partial charge in [0.2, 0.25) is 0 Å². The maximum absolute atomic E-state index is 12.7. The van der Waals surface area contributed by atoms with Gasteiger partial charge in [0.15, 0.2) is 0 Å². The number of nitrogens with zero attached hydrogens (tertiary/aromatic N) is 6. The topological polar surface area (TPSA) is 76.8 Å². The highest BCUT2D eigenvalue weighted by atomic mass is 16.2. The molecule has 3 heterocycles. The minimum absolute atomic E-state index is 0.00173. The van der Waals surface area contributed by atoms with Crippen LogP contribution in [0.15, 0.2) is 18.6 Å². The number of rotatable bonds is 3. The molecule has 7 nitrogen and oxygen atoms in total. The molecule has 1 aliphatic heterocycles. The summed E-state index contributed by atoms with van der Waals surface area (Å²) in [6.07, 6.45) is 7.35. The van der Waals surface area contributed by atoms with Crippen molar-refractivity contribution in [2.45, 2.75) is 52.5 Å². The predicted octanol–water partition coefficient (Wildman–Crippen LogP) is 2.23. The number of aryl methyl sites for hydroxylation is 1. The Hall–Kier alpha value is -2.31. The molecule has 25 heavy (non-hydrogen) atoms. The SMILES string of the molecule is Cc1ncc(C(=O)N2CCCC(Cn3cc(C(C)(C)C)nn3)C2)cn1. The zero-order valence-corrected chi connectivity index (χ0v) is 15.4. The summed E-state index contributed by atoms with van der Waals surface area (Å²) < 4.78 is 1.91. The molecule has 0 spiro atoms. The molecule has 1 amide bonds. The molecule has 0 aliphatic carbocycles. The van der Waals surface area contributed by atoms with Gasteiger partial charge in [-0.05, 0) is 25.7 Å². The normalized spacial score (nSPS) is 18.4. The molecule has 2 aromatic heterocycles. The van der Waals surface area contributed by atoms with Gasteiger partial charge < -0.3 is 4.90 Å². The average molecular weight is 342 g/mol. The zero-order valence-electron chi connectivity index (χ0n) is 15.4. The molecule has 7 heteroatoms. The molecule has 1 atom stereocenters. The number of carbonyl (C=O) groups excluding carboxylic acids is 1. The van der Waals surface area contributed by atoms with Crippen molar-refractivity contribution < 1.29 is 4.79 Å². The van der Waals surface area contributed by atoms with Crippen LogP contribution in [-0.4, -0.2) is 48.9 Å². The van der Waals surface area contributed by atoms with Crippen LogP contribution in [0.5, 0.6) is 0 Å². The van der Waals surface area contributed by atoms with Gasteiger partial charge in [-0.15, -0.1) is 5.10 Å². The molecule has 1 fully saturated rings. The smallest absolute Gasteiger partial charge is 0.257 e. The van der Waals surface area contributed by atoms with Gasteiger partial charge in [-0.2, -0.15) is 0 Å². The van der Waals surface area contributed by atoms with Crippen molar-refractivity contribution in [2.24, 2.45) is 5.92 Å². The fraction of sp³-hybridized carbons (Fsp3) is 0.611. The molecule has 1 saturated heterocycles. The van der Waals surface area contributed by atoms with Crippen molar-refractivity contribution in [2.75, 3.05) is 13.1 Å². The third-order valence-electron chi connectivity index (χ3n) is 4.59. The molecule has 0 bridgehead atoms. The van der Waals surface area contributed by atoms with Crippen LogP contribution in [-0.2, 0) is 12.0 Å². The molecule has 0 N–H and O–H groups in total. The fourth-order valence-electron chi connectivity index (χ4n) is 3.08. The van der Waals surface area contributed by atoms with Gasteiger partial charge in [0.1, 0.15) is 5.82 Å². The molecule has 1 unspecified atom stereocenters. The molecule has 1 aliphatic rings. The predicted molar refractivity (Wildman–Crippen MR) is 94.1 cm³/mol. The molecule has 0 radical (unpaired) electrons. The van der Waals surface area contributed by atoms with Crippen LogP contribution < -0.4 is 0 Å². The largest absolute Gasteiger partial charge is 0.338 e. The Morgan fingerprint density at radius 1 is 1.28 bits per heavy atom. The summed E-state index contributed by atoms with van der Waals surface area (Å²) in [6, 6.07) is 0. The number of hydrogen-bond donors (Lipinski definition) is 0. The van der Waals surface area contributed by atoms with E-state index < -0.39 is 0 Å². The standard InChI is InChI=1S/C18H26N6O/c1-13-19-8-15(9-20-13)17(25)23-7-5-6-14(10-23)11-24-12-16(21-22-24)18(2,3)4/h8-9,12,14H,5-7,10-11H2,1-4H3. The van der Waals surface area contributed by atoms with Gasteiger partial charge in [0, 0.05) is 43.6 Å². The number of amides is 1. The van der Waals surface area contributed by atoms with Gasteiger partial charge in [-0.1, -0.05) is 26.0 Å². The van der Waals surface area contributed by atoms with Crippen LogP contribution in [0, 0.1) is 12.8 Å². The number of likely N-dealkylation sites (tertiary alicyclic amines) is 1. The van der Waals surface area contributed by atoms with E-state index in [2.05, 4.69) is 41.1 Å². The Balaban J connectivity index is 1.64. The van der Waals surface area contributed by atoms with Crippen molar-refractivity contribution in [1.29, 1.82) is 0 Å². The number of carbonyl (C=O) groups is 1. The lowest BCUT2D eigenvalue weighted by Gasteiger charge is -2.32. The maximum atomic E-state index is 12.7. The van der Waals surface area contributed by atoms with Crippen molar-refractivity contribution in [1.82, 2.24) is 29.9 Å². The summed E-state index contributed by atoms with van der Waals surface area (Å²) in [5, 5.41) is 8.54. The molecular formula is C18H26N6O. The Labute approximate surface area is 148 Å². The van der Waals surface area contributed by atoms with Gasteiger partial charge in [-0.25, -0.2) is 9.97 Å². The molecule has 2 aromatic rings. The van der Waals surface area contributed by atoms with E-state index in [1.807, 2.05) is 22.7 Å². The van der Waals surface area contributed by atoms with Gasteiger partial charge in [0.05, 0.1) is 11.3 Å². The van der Waals surface area contributed by atoms with E-state index in [4.69, 9.17) is 0 Å². The third-order valence-corrected chi connectivity index (χ3v) is 4.59. The number of aromatic nitrogens is 5. The number of hydrogen-bond acceptors (Lipinski definition) is 5. The van der Waals surface area contributed by atoms with Gasteiger partial charge in [0.25, 0.3) is 5.91 Å². The van der Waals surface area contributed by atoms with Crippen LogP contribution in [0.2, 0.25) is 0 Å². The minimum atomic E-state index is -0.00173. The summed E-state index contributed by atoms with van der Waals surface area (Å²) in [5.74, 6) is 1.08. The Kier molecular flexibility index (Phi) is 4.83. The van der Waals surface area contributed by atoms with Gasteiger partial charge in [-0.3, -0.25) is 9.48 Å². The molecule has 0 aromatic carbocycles. The van der Waals surface area contributed by atoms with Crippen LogP contribution in [0.25, 0.3) is 0 Å². The highest BCUT2D eigenvalue weighted by molar-refractivity contribution is 5.93. The summed E-state index contributed by atoms with van der Waals surface area (Å²) in [5.41, 5.74) is 1.55. The zero-order chi connectivity index (χ0) is 18.0. The molecule has 3 rings (SSSR count). The minimum Gasteiger partial charge on any atom is -0.338 e. The lowest BCUT2D eigenvalue weighted by Crippen LogP contribution is -2.41. The van der Waals surface area contributed by atoms with Crippen molar-refractivity contribution in [3.05, 3.63) is 35.7 Å². The first-order chi connectivity index (χ1) is 11.8. The van der Waals surface area contributed by atoms with Crippen molar-refractivity contribution in [3.8, 4) is 0 Å². The molecule has 0 saturated carbocycles. The fourth-order valence-corrected chi connectivity index (χ4v) is 3.08. The first kappa shape index (κ1) is 17.5. The van der Waals surface area contributed by atoms with Crippen molar-refractivity contribution in [3.63, 3.8) is 0 Å². The Bertz CT molecular complexity index is 731. The second kappa shape index (κ2) is 6.90. The summed E-state index contributed by atoms with van der Waals surface area (Å²) in [4.78, 5) is 22.8. The average Bonchev–Trinajstić information content (AvgIpc) is 3.04. The van der Waals surface area contributed by atoms with E-state index in [-0.39, 0.29) is 11.3 Å². The van der Waals surface area contributed by atoms with Crippen LogP contribution in [0.4, 0.5) is 0 Å². The van der Waals surface area contributed by atoms with E-state index in [0.29, 0.717) is 17.3 Å². The van der Waals surface area contributed by atoms with E-state index in [1.54, 1.807) is 12.4 Å². The van der Waals surface area contributed by atoms with Crippen LogP contribution in [0.1, 0.15) is 55.5 Å². The maximum Gasteiger partial charge on any atom is 0.257 e. The van der Waals surface area contributed by atoms with Gasteiger partial charge >= 0.3 is 0 Å². The van der Waals surface area contributed by atoms with Crippen molar-refractivity contribution >= 4 is 5.91 Å². The van der Waals surface area contributed by atoms with E-state index >= 15 is 0 Å². The molecular weight excluding hydrogens is 316 g/mol. The van der Waals surface area contributed by atoms with Crippen LogP contribution >= 0.6 is 0 Å². The monoisotopic (exact) mass is 342 g/mol. The Morgan fingerprint density at radius 3 is 2.64 bits per heavy atom. The summed E-state index contributed by atoms with van der Waals surface area (Å²) >= 11 is 0. The lowest BCUT2D eigenvalue weighted by atomic mass is 9.93. The van der Waals surface area contributed by atoms with Crippen LogP contribution in [0.3, 0.4) is 0 Å².